The number of benzene rings is 4. The highest BCUT2D eigenvalue weighted by Crippen LogP contribution is 2.28. The van der Waals surface area contributed by atoms with Crippen molar-refractivity contribution in [1.82, 2.24) is 10.2 Å². The van der Waals surface area contributed by atoms with Gasteiger partial charge in [-0.25, -0.2) is 12.8 Å². The molecule has 0 saturated heterocycles. The monoisotopic (exact) mass is 589 g/mol. The molecule has 1 N–H and O–H groups in total. The fourth-order valence-electron chi connectivity index (χ4n) is 4.27. The van der Waals surface area contributed by atoms with Gasteiger partial charge in [-0.05, 0) is 68.4 Å². The lowest BCUT2D eigenvalue weighted by atomic mass is 10.1. The summed E-state index contributed by atoms with van der Waals surface area (Å²) in [5, 5.41) is 2.68. The van der Waals surface area contributed by atoms with E-state index in [0.717, 1.165) is 4.31 Å². The fraction of sp³-hybridized carbons (Fsp3) is 0.188. The molecule has 4 rings (SSSR count). The van der Waals surface area contributed by atoms with Gasteiger partial charge >= 0.3 is 0 Å². The smallest absolute Gasteiger partial charge is 0.264 e. The lowest BCUT2D eigenvalue weighted by Crippen LogP contribution is -2.51. The van der Waals surface area contributed by atoms with E-state index in [-0.39, 0.29) is 22.7 Å². The first-order chi connectivity index (χ1) is 20.2. The van der Waals surface area contributed by atoms with Crippen molar-refractivity contribution < 1.29 is 27.1 Å². The van der Waals surface area contributed by atoms with E-state index in [1.165, 1.54) is 42.2 Å². The Morgan fingerprint density at radius 3 is 2.02 bits per heavy atom. The van der Waals surface area contributed by atoms with Gasteiger partial charge < -0.3 is 15.0 Å². The van der Waals surface area contributed by atoms with Crippen molar-refractivity contribution in [3.05, 3.63) is 121 Å². The lowest BCUT2D eigenvalue weighted by molar-refractivity contribution is -0.139. The Morgan fingerprint density at radius 2 is 1.40 bits per heavy atom. The molecule has 0 aliphatic rings. The molecule has 0 heterocycles. The van der Waals surface area contributed by atoms with Gasteiger partial charge in [0, 0.05) is 18.7 Å². The first-order valence-electron chi connectivity index (χ1n) is 13.4. The van der Waals surface area contributed by atoms with E-state index in [1.807, 2.05) is 18.2 Å². The molecular formula is C32H32FN3O5S. The topological polar surface area (TPSA) is 96.0 Å². The molecule has 8 nitrogen and oxygen atoms in total. The number of anilines is 1. The summed E-state index contributed by atoms with van der Waals surface area (Å²) < 4.78 is 49.2. The first-order valence-corrected chi connectivity index (χ1v) is 14.9. The standard InChI is InChI=1S/C32H32FN3O5S/c1-3-34-32(38)24(2)35(22-25-12-10-11-17-30(25)33)31(37)23-36(42(39,40)29-15-8-5-9-16-29)26-18-20-28(21-19-26)41-27-13-6-4-7-14-27/h4-21,24H,3,22-23H2,1-2H3,(H,34,38)/t24-/m0/s1. The van der Waals surface area contributed by atoms with Crippen LogP contribution in [0.2, 0.25) is 0 Å². The number of hydrogen-bond acceptors (Lipinski definition) is 5. The van der Waals surface area contributed by atoms with Crippen LogP contribution in [0.5, 0.6) is 11.5 Å². The minimum Gasteiger partial charge on any atom is -0.457 e. The van der Waals surface area contributed by atoms with Gasteiger partial charge in [-0.2, -0.15) is 0 Å². The van der Waals surface area contributed by atoms with E-state index in [9.17, 15) is 22.4 Å². The normalized spacial score (nSPS) is 11.8. The minimum atomic E-state index is -4.22. The lowest BCUT2D eigenvalue weighted by Gasteiger charge is -2.32. The van der Waals surface area contributed by atoms with Crippen molar-refractivity contribution in [3.63, 3.8) is 0 Å². The van der Waals surface area contributed by atoms with Crippen LogP contribution >= 0.6 is 0 Å². The number of hydrogen-bond donors (Lipinski definition) is 1. The number of nitrogens with zero attached hydrogens (tertiary/aromatic N) is 2. The van der Waals surface area contributed by atoms with Crippen molar-refractivity contribution in [1.29, 1.82) is 0 Å². The Morgan fingerprint density at radius 1 is 0.833 bits per heavy atom. The molecular weight excluding hydrogens is 557 g/mol. The van der Waals surface area contributed by atoms with Gasteiger partial charge in [-0.15, -0.1) is 0 Å². The van der Waals surface area contributed by atoms with Gasteiger partial charge in [0.15, 0.2) is 0 Å². The second-order valence-corrected chi connectivity index (χ2v) is 11.3. The van der Waals surface area contributed by atoms with Crippen LogP contribution in [0.4, 0.5) is 10.1 Å². The second kappa shape index (κ2) is 13.8. The molecule has 4 aromatic carbocycles. The maximum absolute atomic E-state index is 14.6. The average Bonchev–Trinajstić information content (AvgIpc) is 3.00. The molecule has 0 aliphatic heterocycles. The molecule has 0 bridgehead atoms. The van der Waals surface area contributed by atoms with Crippen molar-refractivity contribution >= 4 is 27.5 Å². The minimum absolute atomic E-state index is 0.0140. The van der Waals surface area contributed by atoms with E-state index in [4.69, 9.17) is 4.74 Å². The molecule has 10 heteroatoms. The van der Waals surface area contributed by atoms with Crippen molar-refractivity contribution in [2.75, 3.05) is 17.4 Å². The van der Waals surface area contributed by atoms with Crippen LogP contribution in [-0.4, -0.2) is 44.3 Å². The van der Waals surface area contributed by atoms with Crippen LogP contribution in [0.15, 0.2) is 114 Å². The molecule has 0 saturated carbocycles. The summed E-state index contributed by atoms with van der Waals surface area (Å²) in [6.07, 6.45) is 0. The van der Waals surface area contributed by atoms with E-state index in [2.05, 4.69) is 5.32 Å². The highest BCUT2D eigenvalue weighted by molar-refractivity contribution is 7.92. The molecule has 2 amide bonds. The number of para-hydroxylation sites is 1. The van der Waals surface area contributed by atoms with Crippen molar-refractivity contribution in [2.24, 2.45) is 0 Å². The van der Waals surface area contributed by atoms with Gasteiger partial charge in [-0.1, -0.05) is 54.6 Å². The molecule has 4 aromatic rings. The molecule has 42 heavy (non-hydrogen) atoms. The number of ether oxygens (including phenoxy) is 1. The van der Waals surface area contributed by atoms with E-state index >= 15 is 0 Å². The number of amides is 2. The third kappa shape index (κ3) is 7.32. The summed E-state index contributed by atoms with van der Waals surface area (Å²) in [5.74, 6) is -0.582. The van der Waals surface area contributed by atoms with Crippen LogP contribution in [0.25, 0.3) is 0 Å². The highest BCUT2D eigenvalue weighted by Gasteiger charge is 2.32. The molecule has 0 spiro atoms. The van der Waals surface area contributed by atoms with Gasteiger partial charge in [0.2, 0.25) is 11.8 Å². The number of halogens is 1. The zero-order valence-corrected chi connectivity index (χ0v) is 24.1. The number of likely N-dealkylation sites (N-methyl/N-ethyl adjacent to an activating group) is 1. The molecule has 0 radical (unpaired) electrons. The number of nitrogens with one attached hydrogen (secondary N) is 1. The Labute approximate surface area is 245 Å². The predicted molar refractivity (Wildman–Crippen MR) is 159 cm³/mol. The highest BCUT2D eigenvalue weighted by atomic mass is 32.2. The predicted octanol–water partition coefficient (Wildman–Crippen LogP) is 5.37. The summed E-state index contributed by atoms with van der Waals surface area (Å²) >= 11 is 0. The molecule has 218 valence electrons. The first kappa shape index (κ1) is 30.3. The summed E-state index contributed by atoms with van der Waals surface area (Å²) in [4.78, 5) is 27.8. The van der Waals surface area contributed by atoms with Crippen LogP contribution < -0.4 is 14.4 Å². The largest absolute Gasteiger partial charge is 0.457 e. The van der Waals surface area contributed by atoms with Crippen LogP contribution in [0.1, 0.15) is 19.4 Å². The fourth-order valence-corrected chi connectivity index (χ4v) is 5.70. The SMILES string of the molecule is CCNC(=O)[C@H](C)N(Cc1ccccc1F)C(=O)CN(c1ccc(Oc2ccccc2)cc1)S(=O)(=O)c1ccccc1. The molecule has 0 fully saturated rings. The summed E-state index contributed by atoms with van der Waals surface area (Å²) in [6.45, 7) is 2.74. The van der Waals surface area contributed by atoms with Crippen molar-refractivity contribution in [3.8, 4) is 11.5 Å². The maximum Gasteiger partial charge on any atom is 0.264 e. The van der Waals surface area contributed by atoms with Gasteiger partial charge in [-0.3, -0.25) is 13.9 Å². The molecule has 0 aliphatic carbocycles. The third-order valence-corrected chi connectivity index (χ3v) is 8.32. The van der Waals surface area contributed by atoms with Crippen LogP contribution in [-0.2, 0) is 26.2 Å². The zero-order chi connectivity index (χ0) is 30.1. The second-order valence-electron chi connectivity index (χ2n) is 9.42. The summed E-state index contributed by atoms with van der Waals surface area (Å²) in [6, 6.07) is 28.1. The number of sulfonamides is 1. The number of rotatable bonds is 12. The zero-order valence-electron chi connectivity index (χ0n) is 23.3. The van der Waals surface area contributed by atoms with Crippen molar-refractivity contribution in [2.45, 2.75) is 31.3 Å². The maximum atomic E-state index is 14.6. The Bertz CT molecular complexity index is 1600. The number of carbonyl (C=O) groups excluding carboxylic acids is 2. The number of carbonyl (C=O) groups is 2. The van der Waals surface area contributed by atoms with E-state index < -0.39 is 40.2 Å². The molecule has 0 unspecified atom stereocenters. The third-order valence-electron chi connectivity index (χ3n) is 6.53. The summed E-state index contributed by atoms with van der Waals surface area (Å²) in [5.41, 5.74) is 0.408. The quantitative estimate of drug-likeness (QED) is 0.240. The average molecular weight is 590 g/mol. The molecule has 0 aromatic heterocycles. The Balaban J connectivity index is 1.69. The Kier molecular flexibility index (Phi) is 9.93. The van der Waals surface area contributed by atoms with E-state index in [0.29, 0.717) is 18.0 Å². The molecule has 1 atom stereocenters. The van der Waals surface area contributed by atoms with Crippen LogP contribution in [0, 0.1) is 5.82 Å². The van der Waals surface area contributed by atoms with Crippen LogP contribution in [0.3, 0.4) is 0 Å². The van der Waals surface area contributed by atoms with E-state index in [1.54, 1.807) is 67.6 Å². The van der Waals surface area contributed by atoms with Gasteiger partial charge in [0.1, 0.15) is 29.9 Å². The summed E-state index contributed by atoms with van der Waals surface area (Å²) in [7, 11) is -4.22. The van der Waals surface area contributed by atoms with Gasteiger partial charge in [0.25, 0.3) is 10.0 Å². The van der Waals surface area contributed by atoms with Gasteiger partial charge in [0.05, 0.1) is 10.6 Å². The Hall–Kier alpha value is -4.70.